The first-order valence-corrected chi connectivity index (χ1v) is 6.47. The van der Waals surface area contributed by atoms with Crippen LogP contribution in [0.3, 0.4) is 0 Å². The number of halogens is 1. The average molecular weight is 242 g/mol. The van der Waals surface area contributed by atoms with Gasteiger partial charge in [0.25, 0.3) is 0 Å². The highest BCUT2D eigenvalue weighted by Gasteiger charge is 2.29. The second-order valence-corrected chi connectivity index (χ2v) is 5.39. The number of fused-ring (bicyclic) bond motifs is 2. The van der Waals surface area contributed by atoms with Gasteiger partial charge in [-0.15, -0.1) is 0 Å². The fraction of sp³-hybridized carbons (Fsp3) is 0.333. The molecular weight excluding hydrogens is 227 g/mol. The van der Waals surface area contributed by atoms with Crippen LogP contribution in [-0.2, 0) is 6.54 Å². The summed E-state index contributed by atoms with van der Waals surface area (Å²) in [4.78, 5) is 0. The van der Waals surface area contributed by atoms with E-state index in [1.54, 1.807) is 6.20 Å². The number of hydrogen-bond donors (Lipinski definition) is 1. The molecule has 0 saturated heterocycles. The van der Waals surface area contributed by atoms with Crippen molar-refractivity contribution in [3.05, 3.63) is 41.9 Å². The van der Waals surface area contributed by atoms with Crippen molar-refractivity contribution in [2.75, 3.05) is 6.54 Å². The zero-order chi connectivity index (χ0) is 12.3. The Kier molecular flexibility index (Phi) is 1.98. The Balaban J connectivity index is 2.05. The van der Waals surface area contributed by atoms with Crippen LogP contribution in [0, 0.1) is 11.7 Å². The predicted molar refractivity (Wildman–Crippen MR) is 70.8 cm³/mol. The summed E-state index contributed by atoms with van der Waals surface area (Å²) in [5.74, 6) is 0.428. The first kappa shape index (κ1) is 10.3. The first-order valence-electron chi connectivity index (χ1n) is 6.47. The van der Waals surface area contributed by atoms with E-state index in [0.717, 1.165) is 24.0 Å². The van der Waals surface area contributed by atoms with E-state index in [2.05, 4.69) is 24.4 Å². The zero-order valence-corrected chi connectivity index (χ0v) is 10.3. The van der Waals surface area contributed by atoms with E-state index in [9.17, 15) is 4.39 Å². The maximum absolute atomic E-state index is 13.9. The average Bonchev–Trinajstić information content (AvgIpc) is 2.69. The van der Waals surface area contributed by atoms with Crippen LogP contribution in [0.4, 0.5) is 4.39 Å². The van der Waals surface area contributed by atoms with Crippen LogP contribution in [0.1, 0.15) is 12.5 Å². The van der Waals surface area contributed by atoms with Gasteiger partial charge in [-0.05, 0) is 17.6 Å². The highest BCUT2D eigenvalue weighted by molar-refractivity contribution is 5.95. The summed E-state index contributed by atoms with van der Waals surface area (Å²) in [6, 6.07) is 6.25. The van der Waals surface area contributed by atoms with Gasteiger partial charge in [-0.1, -0.05) is 25.1 Å². The van der Waals surface area contributed by atoms with Crippen molar-refractivity contribution in [1.29, 1.82) is 0 Å². The van der Waals surface area contributed by atoms with E-state index in [4.69, 9.17) is 0 Å². The van der Waals surface area contributed by atoms with Gasteiger partial charge in [0.2, 0.25) is 0 Å². The van der Waals surface area contributed by atoms with Gasteiger partial charge in [0.05, 0.1) is 11.6 Å². The first-order chi connectivity index (χ1) is 8.74. The van der Waals surface area contributed by atoms with Crippen molar-refractivity contribution < 1.29 is 4.39 Å². The fourth-order valence-electron chi connectivity index (χ4n) is 3.25. The molecule has 92 valence electrons. The van der Waals surface area contributed by atoms with Gasteiger partial charge >= 0.3 is 0 Å². The highest BCUT2D eigenvalue weighted by Crippen LogP contribution is 2.36. The van der Waals surface area contributed by atoms with Gasteiger partial charge in [0, 0.05) is 30.2 Å². The minimum atomic E-state index is -0.112. The third kappa shape index (κ3) is 1.25. The summed E-state index contributed by atoms with van der Waals surface area (Å²) in [5, 5.41) is 4.29. The van der Waals surface area contributed by atoms with E-state index >= 15 is 0 Å². The third-order valence-corrected chi connectivity index (χ3v) is 4.07. The number of rotatable bonds is 0. The summed E-state index contributed by atoms with van der Waals surface area (Å²) in [6.45, 7) is 4.05. The van der Waals surface area contributed by atoms with Crippen molar-refractivity contribution in [3.63, 3.8) is 0 Å². The van der Waals surface area contributed by atoms with Gasteiger partial charge < -0.3 is 9.88 Å². The normalized spacial score (nSPS) is 26.0. The number of hydrogen-bond acceptors (Lipinski definition) is 1. The van der Waals surface area contributed by atoms with E-state index in [0.29, 0.717) is 12.0 Å². The molecule has 18 heavy (non-hydrogen) atoms. The van der Waals surface area contributed by atoms with Gasteiger partial charge in [-0.3, -0.25) is 0 Å². The predicted octanol–water partition coefficient (Wildman–Crippen LogP) is 2.79. The molecule has 2 nitrogen and oxygen atoms in total. The molecule has 0 aliphatic carbocycles. The number of para-hydroxylation sites is 1. The Morgan fingerprint density at radius 1 is 1.39 bits per heavy atom. The minimum absolute atomic E-state index is 0.112. The van der Waals surface area contributed by atoms with Gasteiger partial charge in [-0.2, -0.15) is 0 Å². The smallest absolute Gasteiger partial charge is 0.148 e. The van der Waals surface area contributed by atoms with Crippen molar-refractivity contribution >= 4 is 16.5 Å². The Hall–Kier alpha value is -1.61. The van der Waals surface area contributed by atoms with Gasteiger partial charge in [0.15, 0.2) is 0 Å². The molecule has 1 aromatic heterocycles. The number of nitrogens with one attached hydrogen (secondary N) is 1. The zero-order valence-electron chi connectivity index (χ0n) is 10.3. The number of nitrogens with zero attached hydrogens (tertiary/aromatic N) is 1. The Morgan fingerprint density at radius 3 is 3.17 bits per heavy atom. The highest BCUT2D eigenvalue weighted by atomic mass is 19.1. The number of aromatic nitrogens is 1. The molecule has 0 fully saturated rings. The van der Waals surface area contributed by atoms with E-state index < -0.39 is 0 Å². The molecule has 3 heterocycles. The van der Waals surface area contributed by atoms with Crippen molar-refractivity contribution in [1.82, 2.24) is 9.88 Å². The van der Waals surface area contributed by atoms with E-state index in [1.165, 1.54) is 11.1 Å². The van der Waals surface area contributed by atoms with Crippen LogP contribution in [0.25, 0.3) is 16.5 Å². The Bertz CT molecular complexity index is 668. The lowest BCUT2D eigenvalue weighted by molar-refractivity contribution is 0.470. The molecule has 3 heteroatoms. The Morgan fingerprint density at radius 2 is 2.28 bits per heavy atom. The summed E-state index contributed by atoms with van der Waals surface area (Å²) in [6.07, 6.45) is 3.97. The lowest BCUT2D eigenvalue weighted by Gasteiger charge is -2.33. The minimum Gasteiger partial charge on any atom is -0.342 e. The quantitative estimate of drug-likeness (QED) is 0.751. The maximum atomic E-state index is 13.9. The molecule has 2 aromatic rings. The topological polar surface area (TPSA) is 17.0 Å². The monoisotopic (exact) mass is 242 g/mol. The molecule has 0 radical (unpaired) electrons. The Labute approximate surface area is 105 Å². The standard InChI is InChI=1S/C15H15FN2/c1-9-5-12-10-3-2-4-11-13(16)7-18(15(10)11)8-14(12)17-6-9/h2-5,7,9,14,17H,6,8H2,1H3. The fourth-order valence-corrected chi connectivity index (χ4v) is 3.25. The van der Waals surface area contributed by atoms with Crippen LogP contribution >= 0.6 is 0 Å². The molecular formula is C15H15FN2. The van der Waals surface area contributed by atoms with E-state index in [1.807, 2.05) is 16.7 Å². The lowest BCUT2D eigenvalue weighted by Crippen LogP contribution is -2.42. The van der Waals surface area contributed by atoms with Crippen molar-refractivity contribution in [3.8, 4) is 0 Å². The van der Waals surface area contributed by atoms with E-state index in [-0.39, 0.29) is 5.82 Å². The maximum Gasteiger partial charge on any atom is 0.148 e. The molecule has 0 spiro atoms. The van der Waals surface area contributed by atoms with Crippen LogP contribution in [0.5, 0.6) is 0 Å². The van der Waals surface area contributed by atoms with Crippen LogP contribution in [-0.4, -0.2) is 17.2 Å². The molecule has 2 aliphatic rings. The van der Waals surface area contributed by atoms with Gasteiger partial charge in [-0.25, -0.2) is 4.39 Å². The molecule has 0 amide bonds. The molecule has 0 saturated carbocycles. The molecule has 2 aliphatic heterocycles. The molecule has 1 N–H and O–H groups in total. The second kappa shape index (κ2) is 3.45. The SMILES string of the molecule is CC1C=C2c3cccc4c(F)cn(c34)CC2NC1. The molecule has 4 rings (SSSR count). The summed E-state index contributed by atoms with van der Waals surface area (Å²) in [5.41, 5.74) is 3.57. The molecule has 2 atom stereocenters. The molecule has 0 bridgehead atoms. The number of benzene rings is 1. The lowest BCUT2D eigenvalue weighted by atomic mass is 9.88. The molecule has 2 unspecified atom stereocenters. The second-order valence-electron chi connectivity index (χ2n) is 5.39. The summed E-state index contributed by atoms with van der Waals surface area (Å²) < 4.78 is 15.9. The largest absolute Gasteiger partial charge is 0.342 e. The molecule has 1 aromatic carbocycles. The van der Waals surface area contributed by atoms with Crippen LogP contribution < -0.4 is 5.32 Å². The van der Waals surface area contributed by atoms with Gasteiger partial charge in [0.1, 0.15) is 5.82 Å². The van der Waals surface area contributed by atoms with Crippen molar-refractivity contribution in [2.45, 2.75) is 19.5 Å². The summed E-state index contributed by atoms with van der Waals surface area (Å²) >= 11 is 0. The van der Waals surface area contributed by atoms with Crippen LogP contribution in [0.2, 0.25) is 0 Å². The van der Waals surface area contributed by atoms with Crippen molar-refractivity contribution in [2.24, 2.45) is 5.92 Å². The van der Waals surface area contributed by atoms with Crippen LogP contribution in [0.15, 0.2) is 30.5 Å². The summed E-state index contributed by atoms with van der Waals surface area (Å²) in [7, 11) is 0. The third-order valence-electron chi connectivity index (χ3n) is 4.07.